The Kier molecular flexibility index (Phi) is 11.0. The van der Waals surface area contributed by atoms with Crippen molar-refractivity contribution in [2.24, 2.45) is 0 Å². The lowest BCUT2D eigenvalue weighted by Gasteiger charge is -2.44. The molecule has 1 aromatic carbocycles. The minimum atomic E-state index is -1.17. The molecule has 2 fully saturated rings. The van der Waals surface area contributed by atoms with Crippen LogP contribution in [-0.4, -0.2) is 75.0 Å². The van der Waals surface area contributed by atoms with E-state index in [4.69, 9.17) is 23.7 Å². The van der Waals surface area contributed by atoms with Gasteiger partial charge in [-0.1, -0.05) is 42.3 Å². The van der Waals surface area contributed by atoms with Crippen molar-refractivity contribution in [3.8, 4) is 5.75 Å². The quantitative estimate of drug-likeness (QED) is 0.290. The van der Waals surface area contributed by atoms with Crippen LogP contribution in [0.25, 0.3) is 0 Å². The standard InChI is InChI=1S/C29H38N4O9S/c1-16-10-12-22(13-11-16)39-15-24-31-32-29(33(24)21-8-6-7-9-21)43-28-25(30-17(2)34)27(41-20(5)37)26(40-19(4)36)23(42-28)14-38-18(3)35/h10-13,21,23,25-28H,6-9,14-15H2,1-5H3,(H,30,34)/t23-,25-,26+,27-,28-/m0/s1. The number of carbonyl (C=O) groups excluding carboxylic acids is 4. The highest BCUT2D eigenvalue weighted by Crippen LogP contribution is 2.39. The average Bonchev–Trinajstić information content (AvgIpc) is 3.59. The number of esters is 3. The van der Waals surface area contributed by atoms with Crippen LogP contribution < -0.4 is 10.1 Å². The molecule has 234 valence electrons. The normalized spacial score (nSPS) is 23.8. The first-order valence-electron chi connectivity index (χ1n) is 14.2. The fourth-order valence-electron chi connectivity index (χ4n) is 5.29. The maximum atomic E-state index is 12.3. The molecule has 0 spiro atoms. The zero-order valence-corrected chi connectivity index (χ0v) is 25.8. The van der Waals surface area contributed by atoms with E-state index in [0.29, 0.717) is 16.7 Å². The molecule has 2 aromatic rings. The molecule has 1 saturated heterocycles. The summed E-state index contributed by atoms with van der Waals surface area (Å²) < 4.78 is 30.8. The van der Waals surface area contributed by atoms with Crippen molar-refractivity contribution >= 4 is 35.6 Å². The Hall–Kier alpha value is -3.65. The third-order valence-electron chi connectivity index (χ3n) is 7.11. The van der Waals surface area contributed by atoms with Gasteiger partial charge in [0.05, 0.1) is 0 Å². The summed E-state index contributed by atoms with van der Waals surface area (Å²) in [6.45, 7) is 6.89. The molecule has 1 N–H and O–H groups in total. The molecule has 43 heavy (non-hydrogen) atoms. The van der Waals surface area contributed by atoms with Crippen LogP contribution in [0.2, 0.25) is 0 Å². The molecule has 1 aliphatic carbocycles. The summed E-state index contributed by atoms with van der Waals surface area (Å²) in [7, 11) is 0. The van der Waals surface area contributed by atoms with Crippen LogP contribution in [0, 0.1) is 6.92 Å². The maximum Gasteiger partial charge on any atom is 0.303 e. The molecule has 4 rings (SSSR count). The Morgan fingerprint density at radius 2 is 1.60 bits per heavy atom. The van der Waals surface area contributed by atoms with E-state index in [1.54, 1.807) is 0 Å². The highest BCUT2D eigenvalue weighted by atomic mass is 32.2. The Morgan fingerprint density at radius 1 is 0.953 bits per heavy atom. The van der Waals surface area contributed by atoms with Crippen molar-refractivity contribution in [3.05, 3.63) is 35.7 Å². The summed E-state index contributed by atoms with van der Waals surface area (Å²) in [6, 6.07) is 6.91. The van der Waals surface area contributed by atoms with Crippen molar-refractivity contribution in [1.82, 2.24) is 20.1 Å². The van der Waals surface area contributed by atoms with Gasteiger partial charge < -0.3 is 29.0 Å². The van der Waals surface area contributed by atoms with Gasteiger partial charge in [-0.3, -0.25) is 23.7 Å². The van der Waals surface area contributed by atoms with Gasteiger partial charge in [-0.05, 0) is 31.9 Å². The summed E-state index contributed by atoms with van der Waals surface area (Å²) in [5.74, 6) is -0.962. The second-order valence-corrected chi connectivity index (χ2v) is 11.7. The number of aromatic nitrogens is 3. The number of benzene rings is 1. The van der Waals surface area contributed by atoms with E-state index in [0.717, 1.165) is 31.2 Å². The second kappa shape index (κ2) is 14.7. The first-order valence-corrected chi connectivity index (χ1v) is 15.1. The Morgan fingerprint density at radius 3 is 2.21 bits per heavy atom. The van der Waals surface area contributed by atoms with Crippen molar-refractivity contribution in [2.45, 2.75) is 108 Å². The molecule has 1 aromatic heterocycles. The number of hydrogen-bond donors (Lipinski definition) is 1. The van der Waals surface area contributed by atoms with Crippen molar-refractivity contribution in [1.29, 1.82) is 0 Å². The van der Waals surface area contributed by atoms with Gasteiger partial charge in [0.2, 0.25) is 5.91 Å². The SMILES string of the molecule is CC(=O)N[C@H]1[C@H](OC(C)=O)[C@H](OC(C)=O)[C@H](COC(C)=O)O[C@H]1Sc1nnc(COc2ccc(C)cc2)n1C1CCCC1. The number of thioether (sulfide) groups is 1. The third-order valence-corrected chi connectivity index (χ3v) is 8.23. The Balaban J connectivity index is 1.68. The number of nitrogens with one attached hydrogen (secondary N) is 1. The summed E-state index contributed by atoms with van der Waals surface area (Å²) in [5, 5.41) is 12.2. The molecule has 1 aliphatic heterocycles. The van der Waals surface area contributed by atoms with E-state index in [1.165, 1.54) is 39.5 Å². The fraction of sp³-hybridized carbons (Fsp3) is 0.586. The van der Waals surface area contributed by atoms with E-state index in [9.17, 15) is 19.2 Å². The first kappa shape index (κ1) is 32.3. The molecular formula is C29H38N4O9S. The molecule has 1 saturated carbocycles. The van der Waals surface area contributed by atoms with Crippen LogP contribution in [0.5, 0.6) is 5.75 Å². The predicted molar refractivity (Wildman–Crippen MR) is 153 cm³/mol. The van der Waals surface area contributed by atoms with Crippen molar-refractivity contribution in [3.63, 3.8) is 0 Å². The zero-order chi connectivity index (χ0) is 31.1. The van der Waals surface area contributed by atoms with Gasteiger partial charge in [-0.2, -0.15) is 0 Å². The number of ether oxygens (including phenoxy) is 5. The first-order chi connectivity index (χ1) is 20.5. The zero-order valence-electron chi connectivity index (χ0n) is 24.9. The lowest BCUT2D eigenvalue weighted by atomic mass is 9.97. The molecule has 14 heteroatoms. The topological polar surface area (TPSA) is 157 Å². The van der Waals surface area contributed by atoms with Gasteiger partial charge in [0.1, 0.15) is 36.5 Å². The minimum absolute atomic E-state index is 0.131. The lowest BCUT2D eigenvalue weighted by molar-refractivity contribution is -0.211. The Bertz CT molecular complexity index is 1300. The van der Waals surface area contributed by atoms with Gasteiger partial charge >= 0.3 is 17.9 Å². The lowest BCUT2D eigenvalue weighted by Crippen LogP contribution is -2.65. The molecular weight excluding hydrogens is 580 g/mol. The van der Waals surface area contributed by atoms with Crippen LogP contribution in [0.15, 0.2) is 29.4 Å². The number of amides is 1. The number of aryl methyl sites for hydroxylation is 1. The van der Waals surface area contributed by atoms with E-state index in [1.807, 2.05) is 35.8 Å². The summed E-state index contributed by atoms with van der Waals surface area (Å²) in [6.07, 6.45) is 0.662. The molecule has 13 nitrogen and oxygen atoms in total. The third kappa shape index (κ3) is 8.69. The van der Waals surface area contributed by atoms with Crippen LogP contribution in [0.1, 0.15) is 70.8 Å². The average molecular weight is 619 g/mol. The molecule has 0 bridgehead atoms. The van der Waals surface area contributed by atoms with Crippen LogP contribution >= 0.6 is 11.8 Å². The summed E-state index contributed by atoms with van der Waals surface area (Å²) in [4.78, 5) is 48.3. The number of rotatable bonds is 11. The monoisotopic (exact) mass is 618 g/mol. The van der Waals surface area contributed by atoms with E-state index >= 15 is 0 Å². The molecule has 1 amide bonds. The van der Waals surface area contributed by atoms with Gasteiger partial charge in [0, 0.05) is 33.7 Å². The fourth-order valence-corrected chi connectivity index (χ4v) is 6.52. The summed E-state index contributed by atoms with van der Waals surface area (Å²) in [5.41, 5.74) is 0.229. The molecule has 0 radical (unpaired) electrons. The second-order valence-electron chi connectivity index (χ2n) is 10.6. The largest absolute Gasteiger partial charge is 0.486 e. The van der Waals surface area contributed by atoms with Crippen LogP contribution in [-0.2, 0) is 44.7 Å². The van der Waals surface area contributed by atoms with Gasteiger partial charge in [-0.25, -0.2) is 0 Å². The molecule has 2 heterocycles. The molecule has 2 aliphatic rings. The maximum absolute atomic E-state index is 12.3. The number of carbonyl (C=O) groups is 4. The summed E-state index contributed by atoms with van der Waals surface area (Å²) >= 11 is 1.19. The molecule has 0 unspecified atom stereocenters. The van der Waals surface area contributed by atoms with Gasteiger partial charge in [0.25, 0.3) is 0 Å². The minimum Gasteiger partial charge on any atom is -0.486 e. The molecule has 5 atom stereocenters. The number of hydrogen-bond acceptors (Lipinski definition) is 12. The van der Waals surface area contributed by atoms with Crippen molar-refractivity contribution in [2.75, 3.05) is 6.61 Å². The highest BCUT2D eigenvalue weighted by Gasteiger charge is 2.51. The Labute approximate surface area is 254 Å². The van der Waals surface area contributed by atoms with E-state index in [2.05, 4.69) is 15.5 Å². The smallest absolute Gasteiger partial charge is 0.303 e. The van der Waals surface area contributed by atoms with Crippen LogP contribution in [0.4, 0.5) is 0 Å². The van der Waals surface area contributed by atoms with Gasteiger partial charge in [0.15, 0.2) is 23.2 Å². The van der Waals surface area contributed by atoms with Crippen molar-refractivity contribution < 1.29 is 42.9 Å². The highest BCUT2D eigenvalue weighted by molar-refractivity contribution is 7.99. The predicted octanol–water partition coefficient (Wildman–Crippen LogP) is 3.03. The van der Waals surface area contributed by atoms with Crippen LogP contribution in [0.3, 0.4) is 0 Å². The van der Waals surface area contributed by atoms with E-state index < -0.39 is 53.6 Å². The van der Waals surface area contributed by atoms with Gasteiger partial charge in [-0.15, -0.1) is 10.2 Å². The van der Waals surface area contributed by atoms with E-state index in [-0.39, 0.29) is 19.3 Å². The number of nitrogens with zero attached hydrogens (tertiary/aromatic N) is 3.